The number of thiazole rings is 1. The van der Waals surface area contributed by atoms with E-state index in [1.807, 2.05) is 36.5 Å². The van der Waals surface area contributed by atoms with Crippen LogP contribution in [0.15, 0.2) is 48.9 Å². The van der Waals surface area contributed by atoms with Crippen molar-refractivity contribution in [2.45, 2.75) is 6.42 Å². The lowest BCUT2D eigenvalue weighted by molar-refractivity contribution is -0.119. The summed E-state index contributed by atoms with van der Waals surface area (Å²) in [6.45, 7) is 1.12. The van der Waals surface area contributed by atoms with E-state index in [-0.39, 0.29) is 11.8 Å². The molecular weight excluding hydrogens is 348 g/mol. The molecule has 1 unspecified atom stereocenters. The molecular formula is C18H16N6OS. The summed E-state index contributed by atoms with van der Waals surface area (Å²) < 4.78 is 1.80. The molecule has 130 valence electrons. The van der Waals surface area contributed by atoms with Gasteiger partial charge in [0.15, 0.2) is 11.3 Å². The minimum Gasteiger partial charge on any atom is -0.310 e. The van der Waals surface area contributed by atoms with Gasteiger partial charge in [0.05, 0.1) is 16.5 Å². The van der Waals surface area contributed by atoms with E-state index in [1.54, 1.807) is 22.0 Å². The number of benzene rings is 1. The zero-order chi connectivity index (χ0) is 17.9. The standard InChI is InChI=1S/C18H16N6OS/c19-12-23-8-5-14(11-23)17(25)22-18-20-10-16(26-18)13-3-1-4-15(9-13)24-7-2-6-21-24/h1-4,6-7,9-10,14H,5,8,11H2,(H,20,22,25). The van der Waals surface area contributed by atoms with E-state index in [0.29, 0.717) is 24.6 Å². The fourth-order valence-electron chi connectivity index (χ4n) is 2.96. The molecule has 2 aromatic heterocycles. The largest absolute Gasteiger partial charge is 0.310 e. The van der Waals surface area contributed by atoms with E-state index in [2.05, 4.69) is 21.6 Å². The smallest absolute Gasteiger partial charge is 0.231 e. The summed E-state index contributed by atoms with van der Waals surface area (Å²) in [5, 5.41) is 16.6. The second-order valence-electron chi connectivity index (χ2n) is 6.05. The van der Waals surface area contributed by atoms with Crippen LogP contribution in [0.1, 0.15) is 6.42 Å². The molecule has 4 rings (SSSR count). The molecule has 7 nitrogen and oxygen atoms in total. The second-order valence-corrected chi connectivity index (χ2v) is 7.08. The quantitative estimate of drug-likeness (QED) is 0.719. The van der Waals surface area contributed by atoms with Gasteiger partial charge < -0.3 is 10.2 Å². The van der Waals surface area contributed by atoms with Gasteiger partial charge in [0.1, 0.15) is 0 Å². The van der Waals surface area contributed by atoms with Gasteiger partial charge in [0, 0.05) is 31.7 Å². The average Bonchev–Trinajstić information content (AvgIpc) is 3.42. The molecule has 0 spiro atoms. The Hall–Kier alpha value is -3.18. The molecule has 1 N–H and O–H groups in total. The summed E-state index contributed by atoms with van der Waals surface area (Å²) in [6.07, 6.45) is 8.18. The maximum atomic E-state index is 12.3. The van der Waals surface area contributed by atoms with Crippen molar-refractivity contribution in [2.24, 2.45) is 5.92 Å². The first kappa shape index (κ1) is 16.3. The average molecular weight is 364 g/mol. The molecule has 1 aliphatic rings. The van der Waals surface area contributed by atoms with Crippen LogP contribution in [-0.4, -0.2) is 38.7 Å². The van der Waals surface area contributed by atoms with Crippen LogP contribution >= 0.6 is 11.3 Å². The lowest BCUT2D eigenvalue weighted by Gasteiger charge is -2.08. The van der Waals surface area contributed by atoms with Crippen LogP contribution in [0.5, 0.6) is 0 Å². The van der Waals surface area contributed by atoms with Crippen molar-refractivity contribution < 1.29 is 4.79 Å². The molecule has 1 saturated heterocycles. The number of carbonyl (C=O) groups is 1. The molecule has 3 heterocycles. The highest BCUT2D eigenvalue weighted by atomic mass is 32.1. The monoisotopic (exact) mass is 364 g/mol. The first-order chi connectivity index (χ1) is 12.7. The van der Waals surface area contributed by atoms with Crippen LogP contribution in [0.3, 0.4) is 0 Å². The molecule has 3 aromatic rings. The van der Waals surface area contributed by atoms with Gasteiger partial charge in [0.25, 0.3) is 0 Å². The van der Waals surface area contributed by atoms with Crippen molar-refractivity contribution in [1.29, 1.82) is 5.26 Å². The Morgan fingerprint density at radius 1 is 1.38 bits per heavy atom. The van der Waals surface area contributed by atoms with E-state index < -0.39 is 0 Å². The number of carbonyl (C=O) groups excluding carboxylic acids is 1. The second kappa shape index (κ2) is 6.98. The van der Waals surface area contributed by atoms with Gasteiger partial charge in [-0.3, -0.25) is 4.79 Å². The molecule has 26 heavy (non-hydrogen) atoms. The van der Waals surface area contributed by atoms with Gasteiger partial charge in [0.2, 0.25) is 5.91 Å². The summed E-state index contributed by atoms with van der Waals surface area (Å²) in [5.74, 6) is -0.237. The van der Waals surface area contributed by atoms with Crippen LogP contribution in [-0.2, 0) is 4.79 Å². The number of aromatic nitrogens is 3. The maximum Gasteiger partial charge on any atom is 0.231 e. The summed E-state index contributed by atoms with van der Waals surface area (Å²) in [7, 11) is 0. The topological polar surface area (TPSA) is 86.8 Å². The van der Waals surface area contributed by atoms with Gasteiger partial charge in [-0.2, -0.15) is 10.4 Å². The third-order valence-corrected chi connectivity index (χ3v) is 5.30. The molecule has 0 bridgehead atoms. The third-order valence-electron chi connectivity index (χ3n) is 4.34. The van der Waals surface area contributed by atoms with Crippen LogP contribution in [0.25, 0.3) is 16.1 Å². The molecule has 1 atom stereocenters. The minimum atomic E-state index is -0.162. The zero-order valence-corrected chi connectivity index (χ0v) is 14.7. The predicted molar refractivity (Wildman–Crippen MR) is 98.6 cm³/mol. The lowest BCUT2D eigenvalue weighted by Crippen LogP contribution is -2.25. The number of rotatable bonds is 4. The number of nitrogens with zero attached hydrogens (tertiary/aromatic N) is 5. The van der Waals surface area contributed by atoms with Gasteiger partial charge in [-0.15, -0.1) is 0 Å². The Labute approximate surface area is 154 Å². The Morgan fingerprint density at radius 2 is 2.31 bits per heavy atom. The van der Waals surface area contributed by atoms with Crippen molar-refractivity contribution in [2.75, 3.05) is 18.4 Å². The number of likely N-dealkylation sites (tertiary alicyclic amines) is 1. The van der Waals surface area contributed by atoms with Crippen LogP contribution < -0.4 is 5.32 Å². The normalized spacial score (nSPS) is 16.4. The fraction of sp³-hybridized carbons (Fsp3) is 0.222. The van der Waals surface area contributed by atoms with Gasteiger partial charge >= 0.3 is 0 Å². The predicted octanol–water partition coefficient (Wildman–Crippen LogP) is 2.74. The minimum absolute atomic E-state index is 0.0751. The Balaban J connectivity index is 1.48. The van der Waals surface area contributed by atoms with E-state index in [1.165, 1.54) is 11.3 Å². The highest BCUT2D eigenvalue weighted by molar-refractivity contribution is 7.19. The van der Waals surface area contributed by atoms with E-state index in [9.17, 15) is 4.79 Å². The molecule has 0 radical (unpaired) electrons. The molecule has 1 aromatic carbocycles. The van der Waals surface area contributed by atoms with Crippen LogP contribution in [0.4, 0.5) is 5.13 Å². The number of hydrogen-bond donors (Lipinski definition) is 1. The lowest BCUT2D eigenvalue weighted by atomic mass is 10.1. The fourth-order valence-corrected chi connectivity index (χ4v) is 3.78. The van der Waals surface area contributed by atoms with Crippen molar-refractivity contribution in [3.8, 4) is 22.3 Å². The highest BCUT2D eigenvalue weighted by Crippen LogP contribution is 2.30. The number of nitrogens with one attached hydrogen (secondary N) is 1. The number of anilines is 1. The number of amides is 1. The first-order valence-corrected chi connectivity index (χ1v) is 9.06. The van der Waals surface area contributed by atoms with Crippen LogP contribution in [0.2, 0.25) is 0 Å². The molecule has 0 saturated carbocycles. The summed E-state index contributed by atoms with van der Waals surface area (Å²) in [4.78, 5) is 19.2. The summed E-state index contributed by atoms with van der Waals surface area (Å²) in [5.41, 5.74) is 1.99. The molecule has 0 aliphatic carbocycles. The first-order valence-electron chi connectivity index (χ1n) is 8.25. The van der Waals surface area contributed by atoms with Gasteiger partial charge in [-0.1, -0.05) is 23.5 Å². The summed E-state index contributed by atoms with van der Waals surface area (Å²) in [6, 6.07) is 9.88. The number of nitriles is 1. The van der Waals surface area contributed by atoms with E-state index >= 15 is 0 Å². The SMILES string of the molecule is N#CN1CCC(C(=O)Nc2ncc(-c3cccc(-n4cccn4)c3)s2)C1. The van der Waals surface area contributed by atoms with Gasteiger partial charge in [-0.05, 0) is 30.2 Å². The van der Waals surface area contributed by atoms with E-state index in [0.717, 1.165) is 16.1 Å². The number of hydrogen-bond acceptors (Lipinski definition) is 6. The Kier molecular flexibility index (Phi) is 4.37. The van der Waals surface area contributed by atoms with Crippen molar-refractivity contribution in [3.63, 3.8) is 0 Å². The van der Waals surface area contributed by atoms with Gasteiger partial charge in [-0.25, -0.2) is 9.67 Å². The van der Waals surface area contributed by atoms with E-state index in [4.69, 9.17) is 5.26 Å². The summed E-state index contributed by atoms with van der Waals surface area (Å²) >= 11 is 1.43. The Bertz CT molecular complexity index is 958. The maximum absolute atomic E-state index is 12.3. The van der Waals surface area contributed by atoms with Crippen molar-refractivity contribution >= 4 is 22.4 Å². The Morgan fingerprint density at radius 3 is 3.08 bits per heavy atom. The van der Waals surface area contributed by atoms with Crippen molar-refractivity contribution in [3.05, 3.63) is 48.9 Å². The van der Waals surface area contributed by atoms with Crippen LogP contribution in [0, 0.1) is 17.4 Å². The zero-order valence-electron chi connectivity index (χ0n) is 13.9. The molecule has 1 amide bonds. The highest BCUT2D eigenvalue weighted by Gasteiger charge is 2.28. The molecule has 1 fully saturated rings. The van der Waals surface area contributed by atoms with Crippen molar-refractivity contribution in [1.82, 2.24) is 19.7 Å². The third kappa shape index (κ3) is 3.30. The molecule has 8 heteroatoms. The molecule has 1 aliphatic heterocycles.